The molecule has 0 aliphatic rings. The molecule has 2 N–H and O–H groups in total. The second kappa shape index (κ2) is 4.71. The van der Waals surface area contributed by atoms with Crippen molar-refractivity contribution in [2.24, 2.45) is 0 Å². The Bertz CT molecular complexity index is 466. The van der Waals surface area contributed by atoms with E-state index < -0.39 is 0 Å². The average Bonchev–Trinajstić information content (AvgIpc) is 2.96. The highest BCUT2D eigenvalue weighted by atomic mass is 32.1. The van der Waals surface area contributed by atoms with Crippen molar-refractivity contribution in [1.29, 1.82) is 0 Å². The summed E-state index contributed by atoms with van der Waals surface area (Å²) in [6, 6.07) is 1.68. The number of hydrogen-bond donors (Lipinski definition) is 2. The minimum atomic E-state index is -0.276. The van der Waals surface area contributed by atoms with E-state index in [4.69, 9.17) is 0 Å². The smallest absolute Gasteiger partial charge is 0.282 e. The Morgan fingerprint density at radius 3 is 3.06 bits per heavy atom. The van der Waals surface area contributed by atoms with Crippen molar-refractivity contribution in [2.45, 2.75) is 6.54 Å². The lowest BCUT2D eigenvalue weighted by Gasteiger charge is -1.97. The number of carbonyl (C=O) groups is 1. The summed E-state index contributed by atoms with van der Waals surface area (Å²) < 4.78 is 4.64. The van der Waals surface area contributed by atoms with Crippen LogP contribution in [-0.2, 0) is 6.54 Å². The van der Waals surface area contributed by atoms with Crippen LogP contribution in [0.15, 0.2) is 16.9 Å². The van der Waals surface area contributed by atoms with Crippen molar-refractivity contribution in [3.8, 4) is 0 Å². The molecule has 0 spiro atoms. The Balaban J connectivity index is 1.93. The highest BCUT2D eigenvalue weighted by Crippen LogP contribution is 2.13. The summed E-state index contributed by atoms with van der Waals surface area (Å²) in [6.07, 6.45) is 1.45. The first-order valence-electron chi connectivity index (χ1n) is 4.48. The normalized spacial score (nSPS) is 10.1. The lowest BCUT2D eigenvalue weighted by atomic mass is 10.4. The van der Waals surface area contributed by atoms with Gasteiger partial charge in [-0.25, -0.2) is 0 Å². The molecule has 2 heterocycles. The number of anilines is 1. The van der Waals surface area contributed by atoms with E-state index in [1.807, 2.05) is 0 Å². The second-order valence-electron chi connectivity index (χ2n) is 2.84. The highest BCUT2D eigenvalue weighted by Gasteiger charge is 2.12. The van der Waals surface area contributed by atoms with Crippen molar-refractivity contribution >= 4 is 22.4 Å². The molecule has 0 fully saturated rings. The summed E-state index contributed by atoms with van der Waals surface area (Å²) in [5, 5.41) is 17.6. The fourth-order valence-corrected chi connectivity index (χ4v) is 1.60. The van der Waals surface area contributed by atoms with Crippen LogP contribution in [0.4, 0.5) is 5.13 Å². The summed E-state index contributed by atoms with van der Waals surface area (Å²) in [4.78, 5) is 11.6. The van der Waals surface area contributed by atoms with Crippen molar-refractivity contribution in [3.63, 3.8) is 0 Å². The maximum Gasteiger partial charge on any atom is 0.282 e. The van der Waals surface area contributed by atoms with Crippen LogP contribution in [-0.4, -0.2) is 28.3 Å². The van der Waals surface area contributed by atoms with Gasteiger partial charge >= 0.3 is 0 Å². The van der Waals surface area contributed by atoms with Crippen LogP contribution in [0.5, 0.6) is 0 Å². The summed E-state index contributed by atoms with van der Waals surface area (Å²) >= 11 is 1.19. The Kier molecular flexibility index (Phi) is 3.10. The predicted octanol–water partition coefficient (Wildman–Crippen LogP) is 0.498. The first-order chi connectivity index (χ1) is 7.79. The largest absolute Gasteiger partial charge is 0.364 e. The van der Waals surface area contributed by atoms with Gasteiger partial charge in [0.15, 0.2) is 0 Å². The van der Waals surface area contributed by atoms with Crippen LogP contribution < -0.4 is 10.6 Å². The molecule has 84 valence electrons. The molecule has 0 unspecified atom stereocenters. The Labute approximate surface area is 94.9 Å². The van der Waals surface area contributed by atoms with Gasteiger partial charge in [0.1, 0.15) is 12.0 Å². The van der Waals surface area contributed by atoms with Crippen molar-refractivity contribution < 1.29 is 9.32 Å². The van der Waals surface area contributed by atoms with Gasteiger partial charge in [-0.05, 0) is 0 Å². The Hall–Kier alpha value is -1.96. The zero-order chi connectivity index (χ0) is 11.4. The fraction of sp³-hybridized carbons (Fsp3) is 0.250. The molecule has 1 amide bonds. The summed E-state index contributed by atoms with van der Waals surface area (Å²) in [6.45, 7) is 0.309. The van der Waals surface area contributed by atoms with Gasteiger partial charge < -0.3 is 15.2 Å². The maximum absolute atomic E-state index is 11.6. The molecule has 2 aromatic heterocycles. The molecule has 0 atom stereocenters. The quantitative estimate of drug-likeness (QED) is 0.807. The molecule has 0 saturated heterocycles. The van der Waals surface area contributed by atoms with Crippen LogP contribution in [0.3, 0.4) is 0 Å². The predicted molar refractivity (Wildman–Crippen MR) is 57.1 cm³/mol. The molecule has 0 bridgehead atoms. The van der Waals surface area contributed by atoms with E-state index in [2.05, 4.69) is 30.5 Å². The van der Waals surface area contributed by atoms with E-state index in [0.29, 0.717) is 22.4 Å². The molecular formula is C8H9N5O2S. The van der Waals surface area contributed by atoms with Crippen molar-refractivity contribution in [2.75, 3.05) is 12.4 Å². The molecule has 0 aliphatic carbocycles. The van der Waals surface area contributed by atoms with Crippen molar-refractivity contribution in [3.05, 3.63) is 23.0 Å². The molecule has 2 aromatic rings. The van der Waals surface area contributed by atoms with Crippen LogP contribution in [0.1, 0.15) is 15.5 Å². The minimum absolute atomic E-state index is 0.276. The molecule has 16 heavy (non-hydrogen) atoms. The van der Waals surface area contributed by atoms with E-state index in [-0.39, 0.29) is 5.91 Å². The van der Waals surface area contributed by atoms with Gasteiger partial charge in [-0.2, -0.15) is 0 Å². The van der Waals surface area contributed by atoms with E-state index in [1.54, 1.807) is 13.1 Å². The molecule has 0 aromatic carbocycles. The molecule has 7 nitrogen and oxygen atoms in total. The minimum Gasteiger partial charge on any atom is -0.364 e. The van der Waals surface area contributed by atoms with E-state index in [9.17, 15) is 4.79 Å². The first kappa shape index (κ1) is 10.6. The van der Waals surface area contributed by atoms with Crippen LogP contribution >= 0.6 is 11.3 Å². The zero-order valence-electron chi connectivity index (χ0n) is 8.43. The average molecular weight is 239 g/mol. The molecule has 0 aliphatic heterocycles. The molecule has 0 saturated carbocycles. The first-order valence-corrected chi connectivity index (χ1v) is 5.30. The van der Waals surface area contributed by atoms with E-state index in [1.165, 1.54) is 17.6 Å². The summed E-state index contributed by atoms with van der Waals surface area (Å²) in [7, 11) is 1.72. The van der Waals surface area contributed by atoms with Gasteiger partial charge in [0, 0.05) is 13.1 Å². The van der Waals surface area contributed by atoms with Crippen LogP contribution in [0.25, 0.3) is 0 Å². The lowest BCUT2D eigenvalue weighted by molar-refractivity contribution is 0.0949. The lowest BCUT2D eigenvalue weighted by Crippen LogP contribution is -2.22. The standard InChI is InChI=1S/C8H9N5O2S/c1-9-8-12-11-7(16-8)6(14)10-4-5-2-3-15-13-5/h2-3H,4H2,1H3,(H,9,12)(H,10,14). The fourth-order valence-electron chi connectivity index (χ4n) is 0.991. The van der Waals surface area contributed by atoms with Crippen LogP contribution in [0, 0.1) is 0 Å². The Morgan fingerprint density at radius 1 is 1.56 bits per heavy atom. The van der Waals surface area contributed by atoms with Gasteiger partial charge in [-0.15, -0.1) is 10.2 Å². The van der Waals surface area contributed by atoms with E-state index in [0.717, 1.165) is 0 Å². The number of amides is 1. The number of nitrogens with one attached hydrogen (secondary N) is 2. The highest BCUT2D eigenvalue weighted by molar-refractivity contribution is 7.17. The number of rotatable bonds is 4. The zero-order valence-corrected chi connectivity index (χ0v) is 9.24. The second-order valence-corrected chi connectivity index (χ2v) is 3.81. The molecule has 2 rings (SSSR count). The van der Waals surface area contributed by atoms with Crippen molar-refractivity contribution in [1.82, 2.24) is 20.7 Å². The molecule has 0 radical (unpaired) electrons. The maximum atomic E-state index is 11.6. The topological polar surface area (TPSA) is 92.9 Å². The van der Waals surface area contributed by atoms with Crippen LogP contribution in [0.2, 0.25) is 0 Å². The number of carbonyl (C=O) groups excluding carboxylic acids is 1. The van der Waals surface area contributed by atoms with Gasteiger partial charge in [-0.1, -0.05) is 16.5 Å². The van der Waals surface area contributed by atoms with Gasteiger partial charge in [0.25, 0.3) is 5.91 Å². The molecule has 8 heteroatoms. The monoisotopic (exact) mass is 239 g/mol. The summed E-state index contributed by atoms with van der Waals surface area (Å²) in [5.74, 6) is -0.276. The third-order valence-corrected chi connectivity index (χ3v) is 2.69. The van der Waals surface area contributed by atoms with E-state index >= 15 is 0 Å². The summed E-state index contributed by atoms with van der Waals surface area (Å²) in [5.41, 5.74) is 0.659. The molecular weight excluding hydrogens is 230 g/mol. The SMILES string of the molecule is CNc1nnc(C(=O)NCc2ccon2)s1. The van der Waals surface area contributed by atoms with Gasteiger partial charge in [0.2, 0.25) is 10.1 Å². The Morgan fingerprint density at radius 2 is 2.44 bits per heavy atom. The van der Waals surface area contributed by atoms with Gasteiger partial charge in [-0.3, -0.25) is 4.79 Å². The third kappa shape index (κ3) is 2.34. The number of aromatic nitrogens is 3. The van der Waals surface area contributed by atoms with Gasteiger partial charge in [0.05, 0.1) is 6.54 Å². The number of hydrogen-bond acceptors (Lipinski definition) is 7. The number of nitrogens with zero attached hydrogens (tertiary/aromatic N) is 3. The third-order valence-electron chi connectivity index (χ3n) is 1.75.